The number of benzene rings is 1. The molecule has 3 N–H and O–H groups in total. The molecule has 1 aliphatic carbocycles. The molecule has 1 fully saturated rings. The molecule has 21 heavy (non-hydrogen) atoms. The van der Waals surface area contributed by atoms with E-state index in [2.05, 4.69) is 35.4 Å². The van der Waals surface area contributed by atoms with Gasteiger partial charge in [-0.15, -0.1) is 0 Å². The predicted octanol–water partition coefficient (Wildman–Crippen LogP) is 2.30. The number of hydrogen-bond acceptors (Lipinski definition) is 2. The lowest BCUT2D eigenvalue weighted by atomic mass is 10.1. The number of aryl methyl sites for hydroxylation is 1. The topological polar surface area (TPSA) is 65.1 Å². The van der Waals surface area contributed by atoms with Crippen LogP contribution in [-0.2, 0) is 11.2 Å². The zero-order chi connectivity index (χ0) is 14.8. The molecule has 4 heteroatoms. The monoisotopic (exact) mass is 286 g/mol. The van der Waals surface area contributed by atoms with Crippen LogP contribution in [0.2, 0.25) is 0 Å². The fourth-order valence-electron chi connectivity index (χ4n) is 3.18. The summed E-state index contributed by atoms with van der Waals surface area (Å²) < 4.78 is 0. The Morgan fingerprint density at radius 1 is 1.43 bits per heavy atom. The van der Waals surface area contributed by atoms with E-state index in [1.807, 2.05) is 6.20 Å². The second-order valence-corrected chi connectivity index (χ2v) is 6.10. The Balaban J connectivity index is 1.61. The van der Waals surface area contributed by atoms with Gasteiger partial charge in [0.25, 0.3) is 0 Å². The van der Waals surface area contributed by atoms with E-state index in [1.165, 1.54) is 5.56 Å². The van der Waals surface area contributed by atoms with Crippen LogP contribution < -0.4 is 5.32 Å². The quantitative estimate of drug-likeness (QED) is 0.807. The molecule has 0 radical (unpaired) electrons. The highest BCUT2D eigenvalue weighted by atomic mass is 16.3. The van der Waals surface area contributed by atoms with Gasteiger partial charge < -0.3 is 15.4 Å². The number of carbonyl (C=O) groups excluding carboxylic acids is 1. The summed E-state index contributed by atoms with van der Waals surface area (Å²) in [7, 11) is 0. The standard InChI is InChI=1S/C17H22N2O2/c1-11-5-6-14-13(10-18-15(14)7-11)8-17(21)19-9-12-3-2-4-16(12)20/h5-7,10,12,16,18,20H,2-4,8-9H2,1H3,(H,19,21)/t12-,16-/m1/s1. The summed E-state index contributed by atoms with van der Waals surface area (Å²) in [6.07, 6.45) is 4.97. The molecule has 4 nitrogen and oxygen atoms in total. The minimum atomic E-state index is -0.249. The molecule has 1 aliphatic rings. The number of fused-ring (bicyclic) bond motifs is 1. The zero-order valence-corrected chi connectivity index (χ0v) is 12.4. The first-order valence-corrected chi connectivity index (χ1v) is 7.65. The van der Waals surface area contributed by atoms with E-state index in [9.17, 15) is 9.90 Å². The first-order chi connectivity index (χ1) is 10.1. The van der Waals surface area contributed by atoms with Gasteiger partial charge >= 0.3 is 0 Å². The Morgan fingerprint density at radius 3 is 3.05 bits per heavy atom. The van der Waals surface area contributed by atoms with Crippen LogP contribution in [0.15, 0.2) is 24.4 Å². The molecule has 2 aromatic rings. The fourth-order valence-corrected chi connectivity index (χ4v) is 3.18. The second kappa shape index (κ2) is 5.90. The van der Waals surface area contributed by atoms with Gasteiger partial charge in [0.2, 0.25) is 5.91 Å². The van der Waals surface area contributed by atoms with Crippen LogP contribution in [-0.4, -0.2) is 28.6 Å². The van der Waals surface area contributed by atoms with Crippen molar-refractivity contribution in [3.63, 3.8) is 0 Å². The number of aromatic nitrogens is 1. The lowest BCUT2D eigenvalue weighted by Gasteiger charge is -2.14. The predicted molar refractivity (Wildman–Crippen MR) is 83.1 cm³/mol. The summed E-state index contributed by atoms with van der Waals surface area (Å²) in [4.78, 5) is 15.3. The fraction of sp³-hybridized carbons (Fsp3) is 0.471. The highest BCUT2D eigenvalue weighted by Crippen LogP contribution is 2.25. The molecule has 1 amide bonds. The summed E-state index contributed by atoms with van der Waals surface area (Å²) in [6, 6.07) is 6.21. The van der Waals surface area contributed by atoms with Crippen molar-refractivity contribution >= 4 is 16.8 Å². The van der Waals surface area contributed by atoms with Crippen molar-refractivity contribution in [2.24, 2.45) is 5.92 Å². The number of nitrogens with one attached hydrogen (secondary N) is 2. The third kappa shape index (κ3) is 3.10. The number of H-pyrrole nitrogens is 1. The number of hydrogen-bond donors (Lipinski definition) is 3. The maximum Gasteiger partial charge on any atom is 0.224 e. The van der Waals surface area contributed by atoms with Crippen LogP contribution >= 0.6 is 0 Å². The Kier molecular flexibility index (Phi) is 3.97. The van der Waals surface area contributed by atoms with Crippen LogP contribution in [0, 0.1) is 12.8 Å². The minimum absolute atomic E-state index is 0.0237. The van der Waals surface area contributed by atoms with Gasteiger partial charge in [0, 0.05) is 29.6 Å². The van der Waals surface area contributed by atoms with Gasteiger partial charge in [0.15, 0.2) is 0 Å². The van der Waals surface area contributed by atoms with Crippen LogP contribution in [0.4, 0.5) is 0 Å². The van der Waals surface area contributed by atoms with Crippen molar-refractivity contribution in [1.82, 2.24) is 10.3 Å². The first-order valence-electron chi connectivity index (χ1n) is 7.65. The van der Waals surface area contributed by atoms with Crippen LogP contribution in [0.3, 0.4) is 0 Å². The number of carbonyl (C=O) groups is 1. The van der Waals surface area contributed by atoms with Gasteiger partial charge in [0.1, 0.15) is 0 Å². The van der Waals surface area contributed by atoms with E-state index >= 15 is 0 Å². The molecule has 0 bridgehead atoms. The normalized spacial score (nSPS) is 21.8. The van der Waals surface area contributed by atoms with Crippen molar-refractivity contribution < 1.29 is 9.90 Å². The summed E-state index contributed by atoms with van der Waals surface area (Å²) in [6.45, 7) is 2.64. The molecule has 1 aromatic carbocycles. The van der Waals surface area contributed by atoms with Gasteiger partial charge in [0.05, 0.1) is 12.5 Å². The van der Waals surface area contributed by atoms with Gasteiger partial charge in [-0.25, -0.2) is 0 Å². The number of aliphatic hydroxyl groups is 1. The average molecular weight is 286 g/mol. The van der Waals surface area contributed by atoms with Crippen LogP contribution in [0.5, 0.6) is 0 Å². The third-order valence-corrected chi connectivity index (χ3v) is 4.45. The van der Waals surface area contributed by atoms with Crippen LogP contribution in [0.25, 0.3) is 10.9 Å². The Hall–Kier alpha value is -1.81. The molecule has 2 atom stereocenters. The largest absolute Gasteiger partial charge is 0.393 e. The summed E-state index contributed by atoms with van der Waals surface area (Å²) in [5.74, 6) is 0.246. The maximum absolute atomic E-state index is 12.1. The molecule has 1 aromatic heterocycles. The number of aromatic amines is 1. The SMILES string of the molecule is Cc1ccc2c(CC(=O)NC[C@H]3CCC[C@H]3O)c[nH]c2c1. The summed E-state index contributed by atoms with van der Waals surface area (Å²) in [5, 5.41) is 13.8. The Labute approximate surface area is 124 Å². The van der Waals surface area contributed by atoms with Gasteiger partial charge in [-0.2, -0.15) is 0 Å². The van der Waals surface area contributed by atoms with Gasteiger partial charge in [-0.1, -0.05) is 18.6 Å². The molecule has 1 heterocycles. The molecule has 0 saturated heterocycles. The highest BCUT2D eigenvalue weighted by Gasteiger charge is 2.25. The van der Waals surface area contributed by atoms with E-state index in [-0.39, 0.29) is 17.9 Å². The van der Waals surface area contributed by atoms with Crippen molar-refractivity contribution in [1.29, 1.82) is 0 Å². The highest BCUT2D eigenvalue weighted by molar-refractivity contribution is 5.89. The molecule has 3 rings (SSSR count). The molecule has 1 saturated carbocycles. The van der Waals surface area contributed by atoms with Crippen molar-refractivity contribution in [2.75, 3.05) is 6.54 Å². The lowest BCUT2D eigenvalue weighted by molar-refractivity contribution is -0.120. The molecular weight excluding hydrogens is 264 g/mol. The molecular formula is C17H22N2O2. The average Bonchev–Trinajstić information content (AvgIpc) is 3.03. The summed E-state index contributed by atoms with van der Waals surface area (Å²) in [5.41, 5.74) is 3.30. The number of rotatable bonds is 4. The number of amides is 1. The smallest absolute Gasteiger partial charge is 0.224 e. The van der Waals surface area contributed by atoms with E-state index in [1.54, 1.807) is 0 Å². The van der Waals surface area contributed by atoms with Crippen molar-refractivity contribution in [2.45, 2.75) is 38.7 Å². The van der Waals surface area contributed by atoms with E-state index in [0.29, 0.717) is 13.0 Å². The molecule has 0 aliphatic heterocycles. The first kappa shape index (κ1) is 14.1. The number of aliphatic hydroxyl groups excluding tert-OH is 1. The maximum atomic E-state index is 12.1. The van der Waals surface area contributed by atoms with E-state index in [4.69, 9.17) is 0 Å². The summed E-state index contributed by atoms with van der Waals surface area (Å²) >= 11 is 0. The molecule has 112 valence electrons. The molecule has 0 unspecified atom stereocenters. The zero-order valence-electron chi connectivity index (χ0n) is 12.4. The van der Waals surface area contributed by atoms with E-state index in [0.717, 1.165) is 35.7 Å². The van der Waals surface area contributed by atoms with Crippen LogP contribution in [0.1, 0.15) is 30.4 Å². The van der Waals surface area contributed by atoms with Crippen molar-refractivity contribution in [3.05, 3.63) is 35.5 Å². The third-order valence-electron chi connectivity index (χ3n) is 4.45. The minimum Gasteiger partial charge on any atom is -0.393 e. The van der Waals surface area contributed by atoms with Gasteiger partial charge in [-0.05, 0) is 37.0 Å². The van der Waals surface area contributed by atoms with Gasteiger partial charge in [-0.3, -0.25) is 4.79 Å². The van der Waals surface area contributed by atoms with Crippen molar-refractivity contribution in [3.8, 4) is 0 Å². The Bertz CT molecular complexity index is 647. The second-order valence-electron chi connectivity index (χ2n) is 6.10. The Morgan fingerprint density at radius 2 is 2.29 bits per heavy atom. The van der Waals surface area contributed by atoms with E-state index < -0.39 is 0 Å². The lowest BCUT2D eigenvalue weighted by Crippen LogP contribution is -2.33. The molecule has 0 spiro atoms.